The molecule has 0 saturated carbocycles. The standard InChI is InChI=1S/C16H30N2O/c1-12(2)16-11-17-7-4-5-15(17)10-18(16)14-6-8-19-13(3)9-14/h12-16H,4-11H2,1-3H3. The smallest absolute Gasteiger partial charge is 0.0561 e. The first-order valence-corrected chi connectivity index (χ1v) is 8.26. The lowest BCUT2D eigenvalue weighted by molar-refractivity contribution is -0.0620. The van der Waals surface area contributed by atoms with Gasteiger partial charge in [-0.25, -0.2) is 0 Å². The molecule has 3 heteroatoms. The van der Waals surface area contributed by atoms with E-state index in [4.69, 9.17) is 4.74 Å². The molecule has 19 heavy (non-hydrogen) atoms. The molecule has 0 aromatic carbocycles. The van der Waals surface area contributed by atoms with Crippen LogP contribution in [-0.4, -0.2) is 60.3 Å². The van der Waals surface area contributed by atoms with Gasteiger partial charge in [0.1, 0.15) is 0 Å². The van der Waals surface area contributed by atoms with Crippen LogP contribution in [0.5, 0.6) is 0 Å². The predicted octanol–water partition coefficient (Wildman–Crippen LogP) is 2.36. The third kappa shape index (κ3) is 2.84. The summed E-state index contributed by atoms with van der Waals surface area (Å²) in [6.45, 7) is 11.9. The Morgan fingerprint density at radius 3 is 2.68 bits per heavy atom. The van der Waals surface area contributed by atoms with Gasteiger partial charge >= 0.3 is 0 Å². The highest BCUT2D eigenvalue weighted by atomic mass is 16.5. The zero-order valence-electron chi connectivity index (χ0n) is 12.8. The Morgan fingerprint density at radius 2 is 1.95 bits per heavy atom. The van der Waals surface area contributed by atoms with Gasteiger partial charge in [-0.15, -0.1) is 0 Å². The second-order valence-electron chi connectivity index (χ2n) is 7.16. The van der Waals surface area contributed by atoms with Crippen LogP contribution in [0.2, 0.25) is 0 Å². The van der Waals surface area contributed by atoms with Crippen molar-refractivity contribution in [2.45, 2.75) is 70.7 Å². The molecule has 0 aliphatic carbocycles. The molecule has 3 heterocycles. The quantitative estimate of drug-likeness (QED) is 0.763. The summed E-state index contributed by atoms with van der Waals surface area (Å²) in [7, 11) is 0. The van der Waals surface area contributed by atoms with E-state index >= 15 is 0 Å². The van der Waals surface area contributed by atoms with Crippen LogP contribution in [0.3, 0.4) is 0 Å². The average molecular weight is 266 g/mol. The number of fused-ring (bicyclic) bond motifs is 1. The van der Waals surface area contributed by atoms with Crippen molar-refractivity contribution in [3.63, 3.8) is 0 Å². The summed E-state index contributed by atoms with van der Waals surface area (Å²) in [5.41, 5.74) is 0. The van der Waals surface area contributed by atoms with Crippen LogP contribution in [0.4, 0.5) is 0 Å². The second-order valence-corrected chi connectivity index (χ2v) is 7.16. The minimum Gasteiger partial charge on any atom is -0.378 e. The molecule has 3 aliphatic rings. The highest BCUT2D eigenvalue weighted by Crippen LogP contribution is 2.32. The molecule has 110 valence electrons. The van der Waals surface area contributed by atoms with Crippen molar-refractivity contribution in [1.29, 1.82) is 0 Å². The number of hydrogen-bond acceptors (Lipinski definition) is 3. The Morgan fingerprint density at radius 1 is 1.11 bits per heavy atom. The van der Waals surface area contributed by atoms with Crippen LogP contribution < -0.4 is 0 Å². The van der Waals surface area contributed by atoms with Crippen LogP contribution in [0.15, 0.2) is 0 Å². The van der Waals surface area contributed by atoms with Gasteiger partial charge in [0, 0.05) is 37.8 Å². The molecule has 0 aromatic rings. The Bertz CT molecular complexity index is 307. The van der Waals surface area contributed by atoms with Gasteiger partial charge in [-0.05, 0) is 45.1 Å². The SMILES string of the molecule is CC1CC(N2CC3CCCN3CC2C(C)C)CCO1. The van der Waals surface area contributed by atoms with Gasteiger partial charge in [0.05, 0.1) is 6.10 Å². The minimum absolute atomic E-state index is 0.452. The van der Waals surface area contributed by atoms with E-state index in [1.807, 2.05) is 0 Å². The van der Waals surface area contributed by atoms with Gasteiger partial charge in [-0.3, -0.25) is 9.80 Å². The zero-order chi connectivity index (χ0) is 13.4. The fourth-order valence-electron chi connectivity index (χ4n) is 4.36. The maximum absolute atomic E-state index is 5.74. The first kappa shape index (κ1) is 13.8. The first-order chi connectivity index (χ1) is 9.15. The average Bonchev–Trinajstić information content (AvgIpc) is 2.84. The molecule has 3 aliphatic heterocycles. The number of nitrogens with zero attached hydrogens (tertiary/aromatic N) is 2. The lowest BCUT2D eigenvalue weighted by Crippen LogP contribution is -2.61. The summed E-state index contributed by atoms with van der Waals surface area (Å²) in [5.74, 6) is 0.764. The summed E-state index contributed by atoms with van der Waals surface area (Å²) in [5, 5.41) is 0. The molecule has 0 aromatic heterocycles. The molecular weight excluding hydrogens is 236 g/mol. The van der Waals surface area contributed by atoms with Gasteiger partial charge in [-0.1, -0.05) is 13.8 Å². The van der Waals surface area contributed by atoms with Crippen molar-refractivity contribution in [1.82, 2.24) is 9.80 Å². The fourth-order valence-corrected chi connectivity index (χ4v) is 4.36. The van der Waals surface area contributed by atoms with E-state index in [1.54, 1.807) is 0 Å². The summed E-state index contributed by atoms with van der Waals surface area (Å²) in [6.07, 6.45) is 5.75. The van der Waals surface area contributed by atoms with Crippen LogP contribution in [0.1, 0.15) is 46.5 Å². The normalized spacial score (nSPS) is 41.7. The largest absolute Gasteiger partial charge is 0.378 e. The monoisotopic (exact) mass is 266 g/mol. The third-order valence-electron chi connectivity index (χ3n) is 5.46. The Labute approximate surface area is 118 Å². The molecule has 0 radical (unpaired) electrons. The molecule has 3 nitrogen and oxygen atoms in total. The van der Waals surface area contributed by atoms with Crippen LogP contribution in [0.25, 0.3) is 0 Å². The molecule has 0 amide bonds. The van der Waals surface area contributed by atoms with Crippen molar-refractivity contribution < 1.29 is 4.74 Å². The Kier molecular flexibility index (Phi) is 4.16. The van der Waals surface area contributed by atoms with Crippen molar-refractivity contribution >= 4 is 0 Å². The topological polar surface area (TPSA) is 15.7 Å². The second kappa shape index (κ2) is 5.71. The molecule has 3 rings (SSSR count). The van der Waals surface area contributed by atoms with Gasteiger partial charge in [0.15, 0.2) is 0 Å². The first-order valence-electron chi connectivity index (χ1n) is 8.26. The van der Waals surface area contributed by atoms with Crippen molar-refractivity contribution in [3.8, 4) is 0 Å². The van der Waals surface area contributed by atoms with E-state index in [9.17, 15) is 0 Å². The molecule has 0 bridgehead atoms. The lowest BCUT2D eigenvalue weighted by Gasteiger charge is -2.50. The van der Waals surface area contributed by atoms with Crippen LogP contribution in [-0.2, 0) is 4.74 Å². The third-order valence-corrected chi connectivity index (χ3v) is 5.46. The molecule has 0 N–H and O–H groups in total. The van der Waals surface area contributed by atoms with Gasteiger partial charge < -0.3 is 4.74 Å². The summed E-state index contributed by atoms with van der Waals surface area (Å²) in [6, 6.07) is 2.36. The minimum atomic E-state index is 0.452. The zero-order valence-corrected chi connectivity index (χ0v) is 12.8. The molecule has 4 atom stereocenters. The van der Waals surface area contributed by atoms with E-state index < -0.39 is 0 Å². The highest BCUT2D eigenvalue weighted by molar-refractivity contribution is 4.96. The summed E-state index contributed by atoms with van der Waals surface area (Å²) >= 11 is 0. The maximum Gasteiger partial charge on any atom is 0.0561 e. The van der Waals surface area contributed by atoms with E-state index in [0.29, 0.717) is 6.10 Å². The van der Waals surface area contributed by atoms with Gasteiger partial charge in [-0.2, -0.15) is 0 Å². The van der Waals surface area contributed by atoms with Gasteiger partial charge in [0.25, 0.3) is 0 Å². The van der Waals surface area contributed by atoms with Crippen molar-refractivity contribution in [3.05, 3.63) is 0 Å². The Hall–Kier alpha value is -0.120. The van der Waals surface area contributed by atoms with Crippen LogP contribution >= 0.6 is 0 Å². The molecular formula is C16H30N2O. The maximum atomic E-state index is 5.74. The van der Waals surface area contributed by atoms with Crippen molar-refractivity contribution in [2.75, 3.05) is 26.2 Å². The van der Waals surface area contributed by atoms with E-state index in [0.717, 1.165) is 30.7 Å². The predicted molar refractivity (Wildman–Crippen MR) is 78.4 cm³/mol. The molecule has 3 saturated heterocycles. The number of hydrogen-bond donors (Lipinski definition) is 0. The summed E-state index contributed by atoms with van der Waals surface area (Å²) < 4.78 is 5.74. The van der Waals surface area contributed by atoms with E-state index in [1.165, 1.54) is 45.3 Å². The van der Waals surface area contributed by atoms with Gasteiger partial charge in [0.2, 0.25) is 0 Å². The lowest BCUT2D eigenvalue weighted by atomic mass is 9.92. The van der Waals surface area contributed by atoms with Crippen molar-refractivity contribution in [2.24, 2.45) is 5.92 Å². The number of rotatable bonds is 2. The molecule has 3 fully saturated rings. The van der Waals surface area contributed by atoms with Crippen LogP contribution in [0, 0.1) is 5.92 Å². The number of ether oxygens (including phenoxy) is 1. The van der Waals surface area contributed by atoms with E-state index in [-0.39, 0.29) is 0 Å². The summed E-state index contributed by atoms with van der Waals surface area (Å²) in [4.78, 5) is 5.61. The highest BCUT2D eigenvalue weighted by Gasteiger charge is 2.40. The Balaban J connectivity index is 1.72. The molecule has 0 spiro atoms. The number of piperazine rings is 1. The fraction of sp³-hybridized carbons (Fsp3) is 1.00. The molecule has 4 unspecified atom stereocenters. The van der Waals surface area contributed by atoms with E-state index in [2.05, 4.69) is 30.6 Å².